The van der Waals surface area contributed by atoms with E-state index in [4.69, 9.17) is 5.73 Å². The molecule has 0 aliphatic carbocycles. The third-order valence-electron chi connectivity index (χ3n) is 2.47. The first-order chi connectivity index (χ1) is 8.99. The van der Waals surface area contributed by atoms with Gasteiger partial charge in [0.15, 0.2) is 11.6 Å². The van der Waals surface area contributed by atoms with Gasteiger partial charge in [-0.3, -0.25) is 0 Å². The van der Waals surface area contributed by atoms with Crippen molar-refractivity contribution in [1.82, 2.24) is 0 Å². The number of thiocarbonyl (C=S) groups is 1. The van der Waals surface area contributed by atoms with Crippen molar-refractivity contribution in [1.29, 1.82) is 0 Å². The number of benzene rings is 2. The van der Waals surface area contributed by atoms with Gasteiger partial charge in [-0.15, -0.1) is 0 Å². The molecule has 0 aromatic heterocycles. The minimum atomic E-state index is -1.11. The Bertz CT molecular complexity index is 627. The molecule has 0 heterocycles. The summed E-state index contributed by atoms with van der Waals surface area (Å²) in [6.07, 6.45) is 0. The third kappa shape index (κ3) is 2.85. The van der Waals surface area contributed by atoms with E-state index in [2.05, 4.69) is 17.5 Å². The van der Waals surface area contributed by atoms with Crippen LogP contribution in [0.5, 0.6) is 0 Å². The van der Waals surface area contributed by atoms with Crippen LogP contribution in [0.3, 0.4) is 0 Å². The number of nitrogens with one attached hydrogen (secondary N) is 1. The van der Waals surface area contributed by atoms with E-state index in [9.17, 15) is 13.2 Å². The zero-order chi connectivity index (χ0) is 14.0. The second-order valence-corrected chi connectivity index (χ2v) is 4.22. The molecule has 98 valence electrons. The van der Waals surface area contributed by atoms with Crippen LogP contribution in [0, 0.1) is 17.5 Å². The SMILES string of the molecule is NC(=S)c1ccc(Nc2ccc(F)cc2)c(F)c1F. The van der Waals surface area contributed by atoms with E-state index in [0.717, 1.165) is 0 Å². The lowest BCUT2D eigenvalue weighted by Crippen LogP contribution is -2.13. The largest absolute Gasteiger partial charge is 0.389 e. The van der Waals surface area contributed by atoms with Crippen molar-refractivity contribution in [2.75, 3.05) is 5.32 Å². The molecular formula is C13H9F3N2S. The summed E-state index contributed by atoms with van der Waals surface area (Å²) in [5.74, 6) is -2.62. The second-order valence-electron chi connectivity index (χ2n) is 3.78. The molecule has 0 radical (unpaired) electrons. The van der Waals surface area contributed by atoms with E-state index in [0.29, 0.717) is 5.69 Å². The number of halogens is 3. The van der Waals surface area contributed by atoms with E-state index in [1.54, 1.807) is 0 Å². The zero-order valence-corrected chi connectivity index (χ0v) is 10.4. The molecule has 19 heavy (non-hydrogen) atoms. The van der Waals surface area contributed by atoms with Crippen molar-refractivity contribution in [3.05, 3.63) is 59.4 Å². The summed E-state index contributed by atoms with van der Waals surface area (Å²) in [7, 11) is 0. The molecule has 6 heteroatoms. The molecule has 0 fully saturated rings. The summed E-state index contributed by atoms with van der Waals surface area (Å²) in [6.45, 7) is 0. The number of anilines is 2. The Morgan fingerprint density at radius 1 is 0.947 bits per heavy atom. The normalized spacial score (nSPS) is 10.3. The predicted octanol–water partition coefficient (Wildman–Crippen LogP) is 3.48. The number of nitrogens with two attached hydrogens (primary N) is 1. The first kappa shape index (κ1) is 13.4. The molecule has 2 aromatic rings. The summed E-state index contributed by atoms with van der Waals surface area (Å²) < 4.78 is 40.1. The number of hydrogen-bond acceptors (Lipinski definition) is 2. The lowest BCUT2D eigenvalue weighted by atomic mass is 10.1. The van der Waals surface area contributed by atoms with Gasteiger partial charge < -0.3 is 11.1 Å². The molecule has 0 atom stereocenters. The van der Waals surface area contributed by atoms with Crippen molar-refractivity contribution < 1.29 is 13.2 Å². The Morgan fingerprint density at radius 2 is 1.58 bits per heavy atom. The van der Waals surface area contributed by atoms with Crippen LogP contribution in [0.2, 0.25) is 0 Å². The lowest BCUT2D eigenvalue weighted by molar-refractivity contribution is 0.510. The molecule has 3 N–H and O–H groups in total. The highest BCUT2D eigenvalue weighted by molar-refractivity contribution is 7.80. The van der Waals surface area contributed by atoms with Gasteiger partial charge in [-0.1, -0.05) is 12.2 Å². The Morgan fingerprint density at radius 3 is 2.16 bits per heavy atom. The van der Waals surface area contributed by atoms with Crippen molar-refractivity contribution in [2.45, 2.75) is 0 Å². The fourth-order valence-corrected chi connectivity index (χ4v) is 1.68. The summed E-state index contributed by atoms with van der Waals surface area (Å²) in [5.41, 5.74) is 5.46. The maximum absolute atomic E-state index is 13.8. The molecule has 2 nitrogen and oxygen atoms in total. The van der Waals surface area contributed by atoms with Gasteiger partial charge in [0.2, 0.25) is 0 Å². The van der Waals surface area contributed by atoms with Gasteiger partial charge in [0.25, 0.3) is 0 Å². The summed E-state index contributed by atoms with van der Waals surface area (Å²) in [5, 5.41) is 2.64. The summed E-state index contributed by atoms with van der Waals surface area (Å²) >= 11 is 4.61. The molecule has 0 bridgehead atoms. The highest BCUT2D eigenvalue weighted by atomic mass is 32.1. The Labute approximate surface area is 113 Å². The minimum absolute atomic E-state index is 0.0795. The standard InChI is InChI=1S/C13H9F3N2S/c14-7-1-3-8(4-2-7)18-10-6-5-9(13(17)19)11(15)12(10)16/h1-6,18H,(H2,17,19). The van der Waals surface area contributed by atoms with Crippen LogP contribution in [-0.4, -0.2) is 4.99 Å². The first-order valence-corrected chi connectivity index (χ1v) is 5.70. The fourth-order valence-electron chi connectivity index (χ4n) is 1.53. The van der Waals surface area contributed by atoms with E-state index < -0.39 is 17.5 Å². The molecule has 0 saturated carbocycles. The van der Waals surface area contributed by atoms with Gasteiger partial charge in [0.05, 0.1) is 5.69 Å². The number of hydrogen-bond donors (Lipinski definition) is 2. The highest BCUT2D eigenvalue weighted by Gasteiger charge is 2.15. The Kier molecular flexibility index (Phi) is 3.71. The van der Waals surface area contributed by atoms with Crippen LogP contribution in [0.25, 0.3) is 0 Å². The summed E-state index contributed by atoms with van der Waals surface area (Å²) in [4.78, 5) is -0.218. The van der Waals surface area contributed by atoms with Gasteiger partial charge in [-0.2, -0.15) is 0 Å². The van der Waals surface area contributed by atoms with Crippen molar-refractivity contribution in [3.8, 4) is 0 Å². The Hall–Kier alpha value is -2.08. The lowest BCUT2D eigenvalue weighted by Gasteiger charge is -2.10. The van der Waals surface area contributed by atoms with Crippen LogP contribution in [0.4, 0.5) is 24.5 Å². The third-order valence-corrected chi connectivity index (χ3v) is 2.69. The quantitative estimate of drug-likeness (QED) is 0.846. The molecule has 0 aliphatic heterocycles. The van der Waals surface area contributed by atoms with Gasteiger partial charge >= 0.3 is 0 Å². The fraction of sp³-hybridized carbons (Fsp3) is 0. The monoisotopic (exact) mass is 282 g/mol. The number of rotatable bonds is 3. The van der Waals surface area contributed by atoms with E-state index >= 15 is 0 Å². The molecular weight excluding hydrogens is 273 g/mol. The van der Waals surface area contributed by atoms with Gasteiger partial charge in [-0.05, 0) is 36.4 Å². The van der Waals surface area contributed by atoms with Crippen LogP contribution in [0.15, 0.2) is 36.4 Å². The van der Waals surface area contributed by atoms with Gasteiger partial charge in [-0.25, -0.2) is 13.2 Å². The molecule has 0 unspecified atom stereocenters. The van der Waals surface area contributed by atoms with E-state index in [1.165, 1.54) is 36.4 Å². The van der Waals surface area contributed by atoms with Crippen LogP contribution >= 0.6 is 12.2 Å². The summed E-state index contributed by atoms with van der Waals surface area (Å²) in [6, 6.07) is 7.84. The average molecular weight is 282 g/mol. The van der Waals surface area contributed by atoms with Gasteiger partial charge in [0, 0.05) is 11.3 Å². The Balaban J connectivity index is 2.34. The molecule has 2 rings (SSSR count). The smallest absolute Gasteiger partial charge is 0.182 e. The van der Waals surface area contributed by atoms with Gasteiger partial charge in [0.1, 0.15) is 10.8 Å². The van der Waals surface area contributed by atoms with E-state index in [1.807, 2.05) is 0 Å². The molecule has 0 aliphatic rings. The second kappa shape index (κ2) is 5.27. The zero-order valence-electron chi connectivity index (χ0n) is 9.58. The topological polar surface area (TPSA) is 38.0 Å². The van der Waals surface area contributed by atoms with Crippen molar-refractivity contribution in [2.24, 2.45) is 5.73 Å². The predicted molar refractivity (Wildman–Crippen MR) is 71.9 cm³/mol. The van der Waals surface area contributed by atoms with Crippen molar-refractivity contribution >= 4 is 28.6 Å². The van der Waals surface area contributed by atoms with Crippen LogP contribution in [0.1, 0.15) is 5.56 Å². The van der Waals surface area contributed by atoms with Crippen LogP contribution in [-0.2, 0) is 0 Å². The molecule has 0 amide bonds. The average Bonchev–Trinajstić information content (AvgIpc) is 2.37. The molecule has 0 spiro atoms. The maximum Gasteiger partial charge on any atom is 0.182 e. The first-order valence-electron chi connectivity index (χ1n) is 5.29. The maximum atomic E-state index is 13.8. The van der Waals surface area contributed by atoms with E-state index in [-0.39, 0.29) is 16.2 Å². The minimum Gasteiger partial charge on any atom is -0.389 e. The van der Waals surface area contributed by atoms with Crippen LogP contribution < -0.4 is 11.1 Å². The molecule has 0 saturated heterocycles. The van der Waals surface area contributed by atoms with Crippen molar-refractivity contribution in [3.63, 3.8) is 0 Å². The molecule has 2 aromatic carbocycles. The highest BCUT2D eigenvalue weighted by Crippen LogP contribution is 2.24.